The highest BCUT2D eigenvalue weighted by molar-refractivity contribution is 5.78. The second-order valence-corrected chi connectivity index (χ2v) is 8.91. The van der Waals surface area contributed by atoms with Crippen molar-refractivity contribution in [2.24, 2.45) is 11.8 Å². The van der Waals surface area contributed by atoms with Gasteiger partial charge in [0, 0.05) is 24.2 Å². The summed E-state index contributed by atoms with van der Waals surface area (Å²) in [6.07, 6.45) is 15.2. The van der Waals surface area contributed by atoms with E-state index in [9.17, 15) is 9.18 Å². The van der Waals surface area contributed by atoms with Gasteiger partial charge in [-0.3, -0.25) is 9.80 Å². The molecule has 0 bridgehead atoms. The molecule has 1 aromatic heterocycles. The van der Waals surface area contributed by atoms with Crippen molar-refractivity contribution in [3.63, 3.8) is 0 Å². The van der Waals surface area contributed by atoms with Gasteiger partial charge in [0.1, 0.15) is 17.4 Å². The number of Topliss-reactive ketones (excluding diaryl/α,β-unsaturated/α-hetero) is 1. The molecule has 1 aliphatic rings. The summed E-state index contributed by atoms with van der Waals surface area (Å²) < 4.78 is 13.4. The number of ketones is 1. The molecule has 6 heteroatoms. The minimum Gasteiger partial charge on any atom is -0.317 e. The molecule has 3 rings (SSSR count). The van der Waals surface area contributed by atoms with Crippen molar-refractivity contribution >= 4 is 11.6 Å². The van der Waals surface area contributed by atoms with E-state index in [0.29, 0.717) is 18.8 Å². The van der Waals surface area contributed by atoms with Crippen molar-refractivity contribution in [2.75, 3.05) is 18.1 Å². The van der Waals surface area contributed by atoms with Gasteiger partial charge in [-0.05, 0) is 88.4 Å². The molecule has 1 aromatic carbocycles. The number of unbranched alkanes of at least 4 members (excludes halogenated alkanes) is 1. The van der Waals surface area contributed by atoms with Gasteiger partial charge in [-0.15, -0.1) is 0 Å². The Morgan fingerprint density at radius 2 is 1.89 bits per heavy atom. The largest absolute Gasteiger partial charge is 0.317 e. The van der Waals surface area contributed by atoms with Gasteiger partial charge in [0.25, 0.3) is 0 Å². The standard InChI is InChI=1S/C21H31FN4.C9H10O/c1-2-9-19(22)11-4-3-5-12-20(18-10-8-15-24-17-14-18)26(23)21-13-6-7-16-25-21;1-8(10)7-9-5-3-2-4-6-9/h4,6-7,9,11-13,16,18,24H,2-3,5,8,10,14-15,17,23H2,1H3;2-6H,7H2,1H3/b11-4-,19-9+,20-12-;. The Balaban J connectivity index is 0.000000380. The van der Waals surface area contributed by atoms with Crippen LogP contribution in [0.5, 0.6) is 0 Å². The summed E-state index contributed by atoms with van der Waals surface area (Å²) in [5.41, 5.74) is 2.21. The predicted molar refractivity (Wildman–Crippen MR) is 148 cm³/mol. The van der Waals surface area contributed by atoms with Crippen LogP contribution in [-0.2, 0) is 11.2 Å². The third kappa shape index (κ3) is 11.6. The number of aromatic nitrogens is 1. The maximum atomic E-state index is 13.4. The monoisotopic (exact) mass is 492 g/mol. The van der Waals surface area contributed by atoms with Gasteiger partial charge in [0.15, 0.2) is 0 Å². The van der Waals surface area contributed by atoms with E-state index >= 15 is 0 Å². The number of halogens is 1. The van der Waals surface area contributed by atoms with Gasteiger partial charge in [0.05, 0.1) is 0 Å². The van der Waals surface area contributed by atoms with E-state index in [1.165, 1.54) is 0 Å². The molecule has 0 spiro atoms. The van der Waals surface area contributed by atoms with Crippen molar-refractivity contribution in [1.82, 2.24) is 10.3 Å². The van der Waals surface area contributed by atoms with Crippen molar-refractivity contribution in [3.05, 3.63) is 96.1 Å². The van der Waals surface area contributed by atoms with Gasteiger partial charge < -0.3 is 5.32 Å². The zero-order valence-corrected chi connectivity index (χ0v) is 21.7. The van der Waals surface area contributed by atoms with Gasteiger partial charge in [-0.1, -0.05) is 55.5 Å². The fraction of sp³-hybridized carbons (Fsp3) is 0.400. The number of anilines is 1. The second kappa shape index (κ2) is 17.4. The van der Waals surface area contributed by atoms with E-state index in [4.69, 9.17) is 5.84 Å². The first-order valence-corrected chi connectivity index (χ1v) is 12.9. The highest BCUT2D eigenvalue weighted by Crippen LogP contribution is 2.27. The number of carbonyl (C=O) groups is 1. The minimum atomic E-state index is -0.166. The van der Waals surface area contributed by atoms with E-state index in [2.05, 4.69) is 16.4 Å². The van der Waals surface area contributed by atoms with Crippen LogP contribution in [0.4, 0.5) is 10.2 Å². The van der Waals surface area contributed by atoms with Gasteiger partial charge in [-0.2, -0.15) is 0 Å². The van der Waals surface area contributed by atoms with Crippen molar-refractivity contribution in [1.29, 1.82) is 0 Å². The molecule has 5 nitrogen and oxygen atoms in total. The number of carbonyl (C=O) groups excluding carboxylic acids is 1. The zero-order valence-electron chi connectivity index (χ0n) is 21.7. The predicted octanol–water partition coefficient (Wildman–Crippen LogP) is 6.45. The number of nitrogens with zero attached hydrogens (tertiary/aromatic N) is 2. The Morgan fingerprint density at radius 3 is 2.58 bits per heavy atom. The number of hydrogen-bond donors (Lipinski definition) is 2. The van der Waals surface area contributed by atoms with E-state index < -0.39 is 0 Å². The fourth-order valence-electron chi connectivity index (χ4n) is 4.07. The molecule has 1 atom stereocenters. The summed E-state index contributed by atoms with van der Waals surface area (Å²) in [6, 6.07) is 15.5. The Bertz CT molecular complexity index is 965. The van der Waals surface area contributed by atoms with E-state index in [0.717, 1.165) is 62.3 Å². The molecule has 1 fully saturated rings. The lowest BCUT2D eigenvalue weighted by Crippen LogP contribution is -2.34. The number of hydrazine groups is 1. The minimum absolute atomic E-state index is 0.166. The van der Waals surface area contributed by atoms with Crippen molar-refractivity contribution in [3.8, 4) is 0 Å². The van der Waals surface area contributed by atoms with Crippen molar-refractivity contribution in [2.45, 2.75) is 58.8 Å². The number of allylic oxidation sites excluding steroid dienone is 6. The van der Waals surface area contributed by atoms with Crippen LogP contribution in [0.25, 0.3) is 0 Å². The molecule has 0 saturated carbocycles. The van der Waals surface area contributed by atoms with E-state index in [1.54, 1.807) is 30.3 Å². The first-order chi connectivity index (χ1) is 17.5. The molecule has 2 aromatic rings. The van der Waals surface area contributed by atoms with Crippen LogP contribution in [0.2, 0.25) is 0 Å². The average molecular weight is 493 g/mol. The Kier molecular flexibility index (Phi) is 14.1. The smallest absolute Gasteiger partial charge is 0.146 e. The lowest BCUT2D eigenvalue weighted by Gasteiger charge is -2.27. The molecule has 2 heterocycles. The Morgan fingerprint density at radius 1 is 1.11 bits per heavy atom. The molecule has 1 aliphatic heterocycles. The summed E-state index contributed by atoms with van der Waals surface area (Å²) in [7, 11) is 0. The molecule has 3 N–H and O–H groups in total. The normalized spacial score (nSPS) is 16.7. The summed E-state index contributed by atoms with van der Waals surface area (Å²) in [4.78, 5) is 15.0. The number of hydrogen-bond acceptors (Lipinski definition) is 5. The van der Waals surface area contributed by atoms with E-state index in [-0.39, 0.29) is 11.6 Å². The van der Waals surface area contributed by atoms with Gasteiger partial charge in [-0.25, -0.2) is 15.2 Å². The van der Waals surface area contributed by atoms with Crippen LogP contribution >= 0.6 is 0 Å². The zero-order chi connectivity index (χ0) is 26.0. The summed E-state index contributed by atoms with van der Waals surface area (Å²) in [5, 5.41) is 5.17. The number of nitrogens with two attached hydrogens (primary N) is 1. The topological polar surface area (TPSA) is 71.2 Å². The van der Waals surface area contributed by atoms with Gasteiger partial charge >= 0.3 is 0 Å². The first-order valence-electron chi connectivity index (χ1n) is 12.9. The molecule has 0 radical (unpaired) electrons. The second-order valence-electron chi connectivity index (χ2n) is 8.91. The van der Waals surface area contributed by atoms with Crippen LogP contribution in [0, 0.1) is 5.92 Å². The highest BCUT2D eigenvalue weighted by Gasteiger charge is 2.21. The third-order valence-corrected chi connectivity index (χ3v) is 5.83. The first kappa shape index (κ1) is 29.1. The summed E-state index contributed by atoms with van der Waals surface area (Å²) in [5.74, 6) is 7.63. The quantitative estimate of drug-likeness (QED) is 0.173. The van der Waals surface area contributed by atoms with Crippen LogP contribution < -0.4 is 16.2 Å². The van der Waals surface area contributed by atoms with Crippen LogP contribution in [0.3, 0.4) is 0 Å². The average Bonchev–Trinajstić information content (AvgIpc) is 3.17. The lowest BCUT2D eigenvalue weighted by molar-refractivity contribution is -0.116. The summed E-state index contributed by atoms with van der Waals surface area (Å²) in [6.45, 7) is 5.60. The number of benzene rings is 1. The molecular formula is C30H41FN4O. The Labute approximate surface area is 216 Å². The third-order valence-electron chi connectivity index (χ3n) is 5.83. The molecule has 0 aliphatic carbocycles. The molecule has 1 unspecified atom stereocenters. The highest BCUT2D eigenvalue weighted by atomic mass is 19.1. The molecule has 0 amide bonds. The fourth-order valence-corrected chi connectivity index (χ4v) is 4.07. The summed E-state index contributed by atoms with van der Waals surface area (Å²) >= 11 is 0. The molecule has 36 heavy (non-hydrogen) atoms. The van der Waals surface area contributed by atoms with Crippen LogP contribution in [0.15, 0.2) is 90.6 Å². The maximum absolute atomic E-state index is 13.4. The van der Waals surface area contributed by atoms with E-state index in [1.807, 2.05) is 61.5 Å². The SMILES string of the molecule is CC(=O)Cc1ccccc1.CC/C=C(F)\C=C/CC/C=C(/C1CCCNCC1)N(N)c1ccccn1. The number of rotatable bonds is 10. The molecule has 194 valence electrons. The Hall–Kier alpha value is -3.09. The van der Waals surface area contributed by atoms with Crippen LogP contribution in [-0.4, -0.2) is 23.9 Å². The number of pyridine rings is 1. The van der Waals surface area contributed by atoms with Crippen LogP contribution in [0.1, 0.15) is 57.9 Å². The molecular weight excluding hydrogens is 451 g/mol. The maximum Gasteiger partial charge on any atom is 0.146 e. The lowest BCUT2D eigenvalue weighted by atomic mass is 9.95. The van der Waals surface area contributed by atoms with Crippen molar-refractivity contribution < 1.29 is 9.18 Å². The molecule has 1 saturated heterocycles. The van der Waals surface area contributed by atoms with Gasteiger partial charge in [0.2, 0.25) is 0 Å². The number of nitrogens with one attached hydrogen (secondary N) is 1.